The van der Waals surface area contributed by atoms with Crippen LogP contribution in [0.15, 0.2) is 4.90 Å². The van der Waals surface area contributed by atoms with Crippen LogP contribution in [0.1, 0.15) is 24.2 Å². The van der Waals surface area contributed by atoms with Crippen molar-refractivity contribution in [1.82, 2.24) is 14.5 Å². The zero-order valence-corrected chi connectivity index (χ0v) is 11.4. The molecule has 10 heteroatoms. The molecule has 0 saturated heterocycles. The van der Waals surface area contributed by atoms with E-state index in [0.29, 0.717) is 17.1 Å². The van der Waals surface area contributed by atoms with Gasteiger partial charge in [0.15, 0.2) is 0 Å². The number of nitrogens with one attached hydrogen (secondary N) is 1. The van der Waals surface area contributed by atoms with Crippen molar-refractivity contribution in [2.45, 2.75) is 43.5 Å². The van der Waals surface area contributed by atoms with E-state index in [1.54, 1.807) is 0 Å². The van der Waals surface area contributed by atoms with E-state index in [1.165, 1.54) is 6.92 Å². The molecule has 0 amide bonds. The Balaban J connectivity index is 2.43. The third-order valence-corrected chi connectivity index (χ3v) is 5.07. The molecule has 0 atom stereocenters. The molecule has 1 heterocycles. The van der Waals surface area contributed by atoms with Gasteiger partial charge >= 0.3 is 6.18 Å². The largest absolute Gasteiger partial charge is 0.402 e. The van der Waals surface area contributed by atoms with E-state index in [0.717, 1.165) is 0 Å². The number of hydrogen-bond donors (Lipinski definition) is 2. The number of rotatable bonds is 5. The number of halogens is 3. The van der Waals surface area contributed by atoms with Crippen LogP contribution in [-0.4, -0.2) is 46.8 Å². The van der Waals surface area contributed by atoms with Crippen molar-refractivity contribution in [3.8, 4) is 0 Å². The zero-order chi connectivity index (χ0) is 15.1. The van der Waals surface area contributed by atoms with Gasteiger partial charge < -0.3 is 5.11 Å². The van der Waals surface area contributed by atoms with E-state index in [1.807, 2.05) is 0 Å². The van der Waals surface area contributed by atoms with Crippen molar-refractivity contribution in [3.63, 3.8) is 0 Å². The minimum absolute atomic E-state index is 0.113. The summed E-state index contributed by atoms with van der Waals surface area (Å²) in [6.07, 6.45) is -3.81. The lowest BCUT2D eigenvalue weighted by atomic mass is 10.4. The quantitative estimate of drug-likeness (QED) is 0.846. The number of aromatic nitrogens is 2. The first-order valence-electron chi connectivity index (χ1n) is 5.90. The standard InChI is InChI=1S/C10H14F3N3O3S/c1-6-9(8(4-17)15-14-6)20(18,19)16(7-2-3-7)5-10(11,12)13/h7,17H,2-5H2,1H3,(H,14,15). The van der Waals surface area contributed by atoms with Gasteiger partial charge in [-0.05, 0) is 19.8 Å². The van der Waals surface area contributed by atoms with Gasteiger partial charge in [0.2, 0.25) is 10.0 Å². The second-order valence-corrected chi connectivity index (χ2v) is 6.51. The van der Waals surface area contributed by atoms with Crippen LogP contribution < -0.4 is 0 Å². The van der Waals surface area contributed by atoms with Crippen LogP contribution in [0, 0.1) is 6.92 Å². The lowest BCUT2D eigenvalue weighted by Crippen LogP contribution is -2.40. The van der Waals surface area contributed by atoms with Gasteiger partial charge in [-0.3, -0.25) is 5.10 Å². The first-order chi connectivity index (χ1) is 9.16. The van der Waals surface area contributed by atoms with Gasteiger partial charge in [-0.15, -0.1) is 0 Å². The molecular weight excluding hydrogens is 299 g/mol. The second kappa shape index (κ2) is 5.01. The van der Waals surface area contributed by atoms with Crippen LogP contribution in [0.4, 0.5) is 13.2 Å². The Morgan fingerprint density at radius 1 is 1.45 bits per heavy atom. The summed E-state index contributed by atoms with van der Waals surface area (Å²) in [6.45, 7) is -0.809. The molecule has 2 N–H and O–H groups in total. The molecule has 0 unspecified atom stereocenters. The number of aliphatic hydroxyl groups is 1. The van der Waals surface area contributed by atoms with E-state index in [9.17, 15) is 21.6 Å². The molecule has 1 aliphatic carbocycles. The molecule has 20 heavy (non-hydrogen) atoms. The first kappa shape index (κ1) is 15.3. The molecule has 6 nitrogen and oxygen atoms in total. The molecule has 2 rings (SSSR count). The van der Waals surface area contributed by atoms with Crippen molar-refractivity contribution in [2.75, 3.05) is 6.54 Å². The minimum atomic E-state index is -4.62. The van der Waals surface area contributed by atoms with Crippen LogP contribution in [0.3, 0.4) is 0 Å². The number of H-pyrrole nitrogens is 1. The van der Waals surface area contributed by atoms with Crippen LogP contribution in [0.5, 0.6) is 0 Å². The maximum atomic E-state index is 12.6. The van der Waals surface area contributed by atoms with Gasteiger partial charge in [0, 0.05) is 6.04 Å². The van der Waals surface area contributed by atoms with Crippen molar-refractivity contribution >= 4 is 10.0 Å². The van der Waals surface area contributed by atoms with Gasteiger partial charge in [0.25, 0.3) is 0 Å². The molecule has 1 aromatic heterocycles. The number of alkyl halides is 3. The molecule has 1 aliphatic rings. The number of aryl methyl sites for hydroxylation is 1. The van der Waals surface area contributed by atoms with E-state index in [4.69, 9.17) is 5.11 Å². The predicted molar refractivity (Wildman–Crippen MR) is 62.2 cm³/mol. The molecule has 0 aliphatic heterocycles. The summed E-state index contributed by atoms with van der Waals surface area (Å²) in [5.74, 6) is 0. The Morgan fingerprint density at radius 3 is 2.50 bits per heavy atom. The van der Waals surface area contributed by atoms with E-state index < -0.39 is 35.4 Å². The van der Waals surface area contributed by atoms with Gasteiger partial charge in [-0.2, -0.15) is 22.6 Å². The highest BCUT2D eigenvalue weighted by Crippen LogP contribution is 2.36. The zero-order valence-electron chi connectivity index (χ0n) is 10.6. The summed E-state index contributed by atoms with van der Waals surface area (Å²) >= 11 is 0. The van der Waals surface area contributed by atoms with Gasteiger partial charge in [-0.25, -0.2) is 8.42 Å². The van der Waals surface area contributed by atoms with Crippen molar-refractivity contribution in [1.29, 1.82) is 0 Å². The fraction of sp³-hybridized carbons (Fsp3) is 0.700. The lowest BCUT2D eigenvalue weighted by molar-refractivity contribution is -0.137. The first-order valence-corrected chi connectivity index (χ1v) is 7.34. The van der Waals surface area contributed by atoms with Crippen LogP contribution in [0.25, 0.3) is 0 Å². The van der Waals surface area contributed by atoms with Gasteiger partial charge in [0.1, 0.15) is 17.1 Å². The van der Waals surface area contributed by atoms with Gasteiger partial charge in [-0.1, -0.05) is 0 Å². The van der Waals surface area contributed by atoms with Crippen molar-refractivity contribution in [2.24, 2.45) is 0 Å². The highest BCUT2D eigenvalue weighted by molar-refractivity contribution is 7.89. The molecule has 1 saturated carbocycles. The molecule has 1 fully saturated rings. The molecular formula is C10H14F3N3O3S. The minimum Gasteiger partial charge on any atom is -0.390 e. The van der Waals surface area contributed by atoms with Gasteiger partial charge in [0.05, 0.1) is 12.3 Å². The maximum absolute atomic E-state index is 12.6. The van der Waals surface area contributed by atoms with E-state index >= 15 is 0 Å². The Labute approximate surface area is 113 Å². The van der Waals surface area contributed by atoms with Crippen LogP contribution in [-0.2, 0) is 16.6 Å². The smallest absolute Gasteiger partial charge is 0.390 e. The molecule has 0 spiro atoms. The molecule has 0 bridgehead atoms. The summed E-state index contributed by atoms with van der Waals surface area (Å²) in [5, 5.41) is 15.0. The third kappa shape index (κ3) is 2.96. The van der Waals surface area contributed by atoms with Crippen LogP contribution in [0.2, 0.25) is 0 Å². The van der Waals surface area contributed by atoms with E-state index in [2.05, 4.69) is 10.2 Å². The van der Waals surface area contributed by atoms with E-state index in [-0.39, 0.29) is 16.3 Å². The van der Waals surface area contributed by atoms with Crippen molar-refractivity contribution < 1.29 is 26.7 Å². The Hall–Kier alpha value is -1.13. The van der Waals surface area contributed by atoms with Crippen LogP contribution >= 0.6 is 0 Å². The lowest BCUT2D eigenvalue weighted by Gasteiger charge is -2.23. The number of sulfonamides is 1. The Kier molecular flexibility index (Phi) is 3.82. The average Bonchev–Trinajstić information content (AvgIpc) is 3.07. The summed E-state index contributed by atoms with van der Waals surface area (Å²) < 4.78 is 63.0. The Morgan fingerprint density at radius 2 is 2.05 bits per heavy atom. The monoisotopic (exact) mass is 313 g/mol. The average molecular weight is 313 g/mol. The molecule has 0 aromatic carbocycles. The fourth-order valence-electron chi connectivity index (χ4n) is 1.99. The topological polar surface area (TPSA) is 86.3 Å². The molecule has 114 valence electrons. The fourth-order valence-corrected chi connectivity index (χ4v) is 3.98. The number of aliphatic hydroxyl groups excluding tert-OH is 1. The third-order valence-electron chi connectivity index (χ3n) is 2.97. The SMILES string of the molecule is Cc1[nH]nc(CO)c1S(=O)(=O)N(CC(F)(F)F)C1CC1. The molecule has 0 radical (unpaired) electrons. The summed E-state index contributed by atoms with van der Waals surface area (Å²) in [7, 11) is -4.34. The maximum Gasteiger partial charge on any atom is 0.402 e. The number of nitrogens with zero attached hydrogens (tertiary/aromatic N) is 2. The highest BCUT2D eigenvalue weighted by Gasteiger charge is 2.46. The second-order valence-electron chi connectivity index (χ2n) is 4.68. The van der Waals surface area contributed by atoms with Crippen molar-refractivity contribution in [3.05, 3.63) is 11.4 Å². The summed E-state index contributed by atoms with van der Waals surface area (Å²) in [4.78, 5) is -0.365. The highest BCUT2D eigenvalue weighted by atomic mass is 32.2. The Bertz CT molecular complexity index is 593. The summed E-state index contributed by atoms with van der Waals surface area (Å²) in [6, 6.07) is -0.637. The predicted octanol–water partition coefficient (Wildman–Crippen LogP) is 0.926. The normalized spacial score (nSPS) is 16.9. The number of aromatic amines is 1. The number of hydrogen-bond acceptors (Lipinski definition) is 4. The molecule has 1 aromatic rings. The summed E-state index contributed by atoms with van der Waals surface area (Å²) in [5.41, 5.74) is -0.0581.